The van der Waals surface area contributed by atoms with Crippen molar-refractivity contribution in [1.29, 1.82) is 0 Å². The Bertz CT molecular complexity index is 844. The zero-order valence-electron chi connectivity index (χ0n) is 16.6. The topological polar surface area (TPSA) is 92.0 Å². The van der Waals surface area contributed by atoms with Gasteiger partial charge in [0.05, 0.1) is 24.6 Å². The maximum absolute atomic E-state index is 12.3. The summed E-state index contributed by atoms with van der Waals surface area (Å²) in [6, 6.07) is 2.20. The maximum Gasteiger partial charge on any atom is 0.241 e. The molecule has 1 saturated heterocycles. The number of fused-ring (bicyclic) bond motifs is 1. The van der Waals surface area contributed by atoms with Gasteiger partial charge in [0.25, 0.3) is 0 Å². The predicted molar refractivity (Wildman–Crippen MR) is 107 cm³/mol. The van der Waals surface area contributed by atoms with Gasteiger partial charge >= 0.3 is 0 Å². The number of rotatable bonds is 6. The standard InChI is InChI=1S/C20H29N5O3/c1-13(12-28-2)22-20-21-11-18-17(24-9-3-4-19(24)27)10-16(25(18)23-20)14-5-7-15(26)8-6-14/h10-11,13-15,26H,3-9,12H2,1-2H3,(H,22,23)/t13-,14?,15?/m0/s1. The minimum Gasteiger partial charge on any atom is -0.393 e. The quantitative estimate of drug-likeness (QED) is 0.790. The molecule has 1 atom stereocenters. The lowest BCUT2D eigenvalue weighted by Crippen LogP contribution is -2.24. The second-order valence-corrected chi connectivity index (χ2v) is 7.99. The summed E-state index contributed by atoms with van der Waals surface area (Å²) in [6.45, 7) is 3.32. The van der Waals surface area contributed by atoms with Crippen LogP contribution < -0.4 is 10.2 Å². The predicted octanol–water partition coefficient (Wildman–Crippen LogP) is 2.32. The van der Waals surface area contributed by atoms with Crippen molar-refractivity contribution in [3.8, 4) is 0 Å². The number of anilines is 2. The third-order valence-corrected chi connectivity index (χ3v) is 5.79. The number of aliphatic hydroxyl groups is 1. The van der Waals surface area contributed by atoms with Crippen LogP contribution in [-0.2, 0) is 9.53 Å². The highest BCUT2D eigenvalue weighted by atomic mass is 16.5. The Kier molecular flexibility index (Phi) is 5.50. The van der Waals surface area contributed by atoms with Crippen LogP contribution in [0.5, 0.6) is 0 Å². The highest BCUT2D eigenvalue weighted by molar-refractivity contribution is 5.99. The van der Waals surface area contributed by atoms with E-state index in [9.17, 15) is 9.90 Å². The van der Waals surface area contributed by atoms with E-state index in [2.05, 4.69) is 16.4 Å². The lowest BCUT2D eigenvalue weighted by atomic mass is 9.85. The Morgan fingerprint density at radius 1 is 1.36 bits per heavy atom. The van der Waals surface area contributed by atoms with E-state index in [1.54, 1.807) is 13.3 Å². The molecule has 1 aliphatic carbocycles. The van der Waals surface area contributed by atoms with Crippen LogP contribution in [0.1, 0.15) is 57.1 Å². The number of aliphatic hydroxyl groups excluding tert-OH is 1. The summed E-state index contributed by atoms with van der Waals surface area (Å²) in [5, 5.41) is 17.9. The average molecular weight is 387 g/mol. The summed E-state index contributed by atoms with van der Waals surface area (Å²) in [7, 11) is 1.67. The Hall–Kier alpha value is -2.19. The van der Waals surface area contributed by atoms with Gasteiger partial charge in [-0.15, -0.1) is 5.10 Å². The number of ether oxygens (including phenoxy) is 1. The third kappa shape index (κ3) is 3.71. The summed E-state index contributed by atoms with van der Waals surface area (Å²) in [4.78, 5) is 18.7. The number of carbonyl (C=O) groups excluding carboxylic acids is 1. The molecule has 8 heteroatoms. The number of amides is 1. The number of methoxy groups -OCH3 is 1. The summed E-state index contributed by atoms with van der Waals surface area (Å²) in [5.41, 5.74) is 2.86. The van der Waals surface area contributed by atoms with Crippen LogP contribution in [0, 0.1) is 0 Å². The van der Waals surface area contributed by atoms with Gasteiger partial charge in [-0.3, -0.25) is 4.79 Å². The molecule has 0 aromatic carbocycles. The molecule has 2 fully saturated rings. The third-order valence-electron chi connectivity index (χ3n) is 5.79. The lowest BCUT2D eigenvalue weighted by Gasteiger charge is -2.25. The zero-order valence-corrected chi connectivity index (χ0v) is 16.6. The smallest absolute Gasteiger partial charge is 0.241 e. The van der Waals surface area contributed by atoms with Crippen LogP contribution >= 0.6 is 0 Å². The molecule has 1 amide bonds. The molecule has 0 unspecified atom stereocenters. The van der Waals surface area contributed by atoms with Crippen molar-refractivity contribution in [3.63, 3.8) is 0 Å². The number of nitrogens with zero attached hydrogens (tertiary/aromatic N) is 4. The summed E-state index contributed by atoms with van der Waals surface area (Å²) in [5.74, 6) is 1.03. The van der Waals surface area contributed by atoms with Crippen molar-refractivity contribution < 1.29 is 14.6 Å². The largest absolute Gasteiger partial charge is 0.393 e. The van der Waals surface area contributed by atoms with Crippen LogP contribution in [0.4, 0.5) is 11.6 Å². The van der Waals surface area contributed by atoms with Gasteiger partial charge in [0.15, 0.2) is 0 Å². The number of hydrogen-bond acceptors (Lipinski definition) is 6. The lowest BCUT2D eigenvalue weighted by molar-refractivity contribution is -0.117. The van der Waals surface area contributed by atoms with E-state index in [1.807, 2.05) is 16.3 Å². The molecule has 3 heterocycles. The van der Waals surface area contributed by atoms with Gasteiger partial charge in [-0.1, -0.05) is 0 Å². The molecule has 2 aromatic heterocycles. The van der Waals surface area contributed by atoms with Crippen LogP contribution in [0.3, 0.4) is 0 Å². The van der Waals surface area contributed by atoms with E-state index in [0.29, 0.717) is 24.9 Å². The molecule has 0 bridgehead atoms. The van der Waals surface area contributed by atoms with Gasteiger partial charge in [0, 0.05) is 37.7 Å². The fraction of sp³-hybridized carbons (Fsp3) is 0.650. The Balaban J connectivity index is 1.73. The minimum absolute atomic E-state index is 0.0888. The van der Waals surface area contributed by atoms with E-state index in [0.717, 1.165) is 55.5 Å². The summed E-state index contributed by atoms with van der Waals surface area (Å²) in [6.07, 6.45) is 6.53. The minimum atomic E-state index is -0.205. The number of aromatic nitrogens is 3. The molecule has 28 heavy (non-hydrogen) atoms. The summed E-state index contributed by atoms with van der Waals surface area (Å²) >= 11 is 0. The van der Waals surface area contributed by atoms with E-state index < -0.39 is 0 Å². The van der Waals surface area contributed by atoms with Crippen molar-refractivity contribution >= 4 is 23.1 Å². The molecule has 0 radical (unpaired) electrons. The molecule has 2 N–H and O–H groups in total. The normalized spacial score (nSPS) is 24.1. The first-order valence-corrected chi connectivity index (χ1v) is 10.2. The van der Waals surface area contributed by atoms with Gasteiger partial charge in [-0.25, -0.2) is 9.50 Å². The fourth-order valence-electron chi connectivity index (χ4n) is 4.36. The number of carbonyl (C=O) groups is 1. The molecule has 4 rings (SSSR count). The molecular formula is C20H29N5O3. The van der Waals surface area contributed by atoms with E-state index >= 15 is 0 Å². The molecule has 0 spiro atoms. The second-order valence-electron chi connectivity index (χ2n) is 7.99. The van der Waals surface area contributed by atoms with Crippen LogP contribution in [-0.4, -0.2) is 58.0 Å². The number of nitrogens with one attached hydrogen (secondary N) is 1. The van der Waals surface area contributed by atoms with Gasteiger partial charge in [-0.05, 0) is 45.1 Å². The van der Waals surface area contributed by atoms with Gasteiger partial charge in [-0.2, -0.15) is 0 Å². The zero-order chi connectivity index (χ0) is 19.7. The number of hydrogen-bond donors (Lipinski definition) is 2. The van der Waals surface area contributed by atoms with Crippen molar-refractivity contribution in [3.05, 3.63) is 18.0 Å². The first-order chi connectivity index (χ1) is 13.6. The van der Waals surface area contributed by atoms with Gasteiger partial charge < -0.3 is 20.1 Å². The van der Waals surface area contributed by atoms with E-state index in [-0.39, 0.29) is 18.1 Å². The summed E-state index contributed by atoms with van der Waals surface area (Å²) < 4.78 is 7.13. The monoisotopic (exact) mass is 387 g/mol. The molecule has 2 aromatic rings. The average Bonchev–Trinajstić information content (AvgIpc) is 3.25. The Labute approximate surface area is 164 Å². The van der Waals surface area contributed by atoms with Crippen LogP contribution in [0.15, 0.2) is 12.3 Å². The molecule has 8 nitrogen and oxygen atoms in total. The van der Waals surface area contributed by atoms with Crippen molar-refractivity contribution in [2.75, 3.05) is 30.5 Å². The Morgan fingerprint density at radius 2 is 2.14 bits per heavy atom. The molecule has 1 aliphatic heterocycles. The van der Waals surface area contributed by atoms with Crippen LogP contribution in [0.25, 0.3) is 5.52 Å². The van der Waals surface area contributed by atoms with E-state index in [4.69, 9.17) is 9.84 Å². The molecule has 1 saturated carbocycles. The maximum atomic E-state index is 12.3. The fourth-order valence-corrected chi connectivity index (χ4v) is 4.36. The molecular weight excluding hydrogens is 358 g/mol. The van der Waals surface area contributed by atoms with Crippen molar-refractivity contribution in [2.45, 2.75) is 63.5 Å². The van der Waals surface area contributed by atoms with Crippen molar-refractivity contribution in [2.24, 2.45) is 0 Å². The van der Waals surface area contributed by atoms with Gasteiger partial charge in [0.1, 0.15) is 5.52 Å². The Morgan fingerprint density at radius 3 is 2.82 bits per heavy atom. The van der Waals surface area contributed by atoms with Crippen molar-refractivity contribution in [1.82, 2.24) is 14.6 Å². The SMILES string of the molecule is COC[C@H](C)Nc1ncc2c(N3CCCC3=O)cc(C3CCC(O)CC3)n2n1. The van der Waals surface area contributed by atoms with E-state index in [1.165, 1.54) is 0 Å². The second kappa shape index (κ2) is 8.05. The molecule has 152 valence electrons. The van der Waals surface area contributed by atoms with Gasteiger partial charge in [0.2, 0.25) is 11.9 Å². The first kappa shape index (κ1) is 19.1. The molecule has 2 aliphatic rings. The van der Waals surface area contributed by atoms with Crippen LogP contribution in [0.2, 0.25) is 0 Å². The highest BCUT2D eigenvalue weighted by Crippen LogP contribution is 2.38. The highest BCUT2D eigenvalue weighted by Gasteiger charge is 2.29. The first-order valence-electron chi connectivity index (χ1n) is 10.2.